The van der Waals surface area contributed by atoms with Crippen LogP contribution in [-0.4, -0.2) is 24.8 Å². The maximum absolute atomic E-state index is 11.6. The Balaban J connectivity index is 2.10. The van der Waals surface area contributed by atoms with E-state index in [0.29, 0.717) is 10.4 Å². The van der Waals surface area contributed by atoms with Crippen LogP contribution < -0.4 is 0 Å². The molecule has 0 aliphatic heterocycles. The van der Waals surface area contributed by atoms with Crippen LogP contribution in [0, 0.1) is 0 Å². The second-order valence-electron chi connectivity index (χ2n) is 4.70. The molecule has 0 unspecified atom stereocenters. The monoisotopic (exact) mass is 319 g/mol. The lowest BCUT2D eigenvalue weighted by molar-refractivity contribution is 0.446. The number of H-pyrrole nitrogens is 1. The average Bonchev–Trinajstić information content (AvgIpc) is 2.75. The first-order valence-corrected chi connectivity index (χ1v) is 8.93. The molecule has 0 saturated heterocycles. The Morgan fingerprint density at radius 2 is 1.81 bits per heavy atom. The van der Waals surface area contributed by atoms with Crippen LogP contribution >= 0.6 is 11.8 Å². The van der Waals surface area contributed by atoms with Gasteiger partial charge in [-0.3, -0.25) is 0 Å². The third kappa shape index (κ3) is 2.77. The third-order valence-corrected chi connectivity index (χ3v) is 5.33. The molecular formula is C15H13NO3S2. The summed E-state index contributed by atoms with van der Waals surface area (Å²) >= 11 is 1.43. The fourth-order valence-corrected chi connectivity index (χ4v) is 3.69. The molecule has 0 fully saturated rings. The Hall–Kier alpha value is -1.92. The second kappa shape index (κ2) is 5.13. The fraction of sp³-hybridized carbons (Fsp3) is 0.0667. The molecule has 1 aromatic heterocycles. The lowest BCUT2D eigenvalue weighted by Crippen LogP contribution is -1.96. The van der Waals surface area contributed by atoms with Gasteiger partial charge in [-0.2, -0.15) is 0 Å². The van der Waals surface area contributed by atoms with Gasteiger partial charge in [0.2, 0.25) is 5.88 Å². The first-order valence-electron chi connectivity index (χ1n) is 6.23. The van der Waals surface area contributed by atoms with Crippen molar-refractivity contribution in [2.24, 2.45) is 0 Å². The van der Waals surface area contributed by atoms with Crippen molar-refractivity contribution in [2.45, 2.75) is 14.7 Å². The molecule has 0 atom stereocenters. The normalized spacial score (nSPS) is 11.9. The van der Waals surface area contributed by atoms with E-state index in [0.717, 1.165) is 16.5 Å². The lowest BCUT2D eigenvalue weighted by Gasteiger charge is -2.01. The zero-order valence-corrected chi connectivity index (χ0v) is 12.8. The Morgan fingerprint density at radius 1 is 1.10 bits per heavy atom. The van der Waals surface area contributed by atoms with Gasteiger partial charge in [0.1, 0.15) is 0 Å². The number of fused-ring (bicyclic) bond motifs is 1. The van der Waals surface area contributed by atoms with Crippen LogP contribution in [0.5, 0.6) is 5.88 Å². The Kier molecular flexibility index (Phi) is 3.43. The van der Waals surface area contributed by atoms with E-state index in [1.165, 1.54) is 11.8 Å². The molecule has 0 amide bonds. The van der Waals surface area contributed by atoms with Gasteiger partial charge in [0.15, 0.2) is 9.84 Å². The summed E-state index contributed by atoms with van der Waals surface area (Å²) in [6, 6.07) is 14.5. The van der Waals surface area contributed by atoms with Crippen molar-refractivity contribution in [3.8, 4) is 5.88 Å². The number of nitrogens with one attached hydrogen (secondary N) is 1. The molecule has 6 heteroatoms. The van der Waals surface area contributed by atoms with Gasteiger partial charge in [0.05, 0.1) is 15.3 Å². The highest BCUT2D eigenvalue weighted by Crippen LogP contribution is 2.40. The summed E-state index contributed by atoms with van der Waals surface area (Å²) < 4.78 is 23.2. The molecule has 0 aliphatic carbocycles. The van der Waals surface area contributed by atoms with E-state index in [4.69, 9.17) is 0 Å². The molecule has 0 saturated carbocycles. The van der Waals surface area contributed by atoms with E-state index in [1.807, 2.05) is 30.3 Å². The molecule has 0 radical (unpaired) electrons. The van der Waals surface area contributed by atoms with Gasteiger partial charge in [0, 0.05) is 16.5 Å². The number of aromatic nitrogens is 1. The lowest BCUT2D eigenvalue weighted by atomic mass is 10.2. The van der Waals surface area contributed by atoms with Crippen LogP contribution in [0.2, 0.25) is 0 Å². The van der Waals surface area contributed by atoms with Gasteiger partial charge < -0.3 is 10.1 Å². The van der Waals surface area contributed by atoms with Gasteiger partial charge in [0.25, 0.3) is 0 Å². The molecule has 2 N–H and O–H groups in total. The highest BCUT2D eigenvalue weighted by atomic mass is 32.2. The average molecular weight is 319 g/mol. The maximum Gasteiger partial charge on any atom is 0.203 e. The predicted octanol–water partition coefficient (Wildman–Crippen LogP) is 3.43. The van der Waals surface area contributed by atoms with Crippen molar-refractivity contribution in [2.75, 3.05) is 6.26 Å². The minimum absolute atomic E-state index is 0.0458. The van der Waals surface area contributed by atoms with E-state index in [2.05, 4.69) is 4.98 Å². The van der Waals surface area contributed by atoms with Crippen LogP contribution in [0.25, 0.3) is 10.9 Å². The molecule has 0 bridgehead atoms. The van der Waals surface area contributed by atoms with Crippen molar-refractivity contribution >= 4 is 32.5 Å². The summed E-state index contributed by atoms with van der Waals surface area (Å²) in [5.41, 5.74) is 0.605. The number of hydrogen-bond acceptors (Lipinski definition) is 4. The van der Waals surface area contributed by atoms with E-state index in [1.54, 1.807) is 18.2 Å². The van der Waals surface area contributed by atoms with Gasteiger partial charge in [-0.15, -0.1) is 0 Å². The van der Waals surface area contributed by atoms with Crippen LogP contribution in [0.3, 0.4) is 0 Å². The van der Waals surface area contributed by atoms with Gasteiger partial charge >= 0.3 is 0 Å². The number of hydrogen-bond donors (Lipinski definition) is 2. The van der Waals surface area contributed by atoms with Crippen LogP contribution in [0.1, 0.15) is 0 Å². The first-order chi connectivity index (χ1) is 9.95. The van der Waals surface area contributed by atoms with Gasteiger partial charge in [-0.25, -0.2) is 8.42 Å². The third-order valence-electron chi connectivity index (χ3n) is 3.10. The molecule has 2 aromatic carbocycles. The van der Waals surface area contributed by atoms with Crippen molar-refractivity contribution < 1.29 is 13.5 Å². The first kappa shape index (κ1) is 14.0. The van der Waals surface area contributed by atoms with Crippen LogP contribution in [-0.2, 0) is 9.84 Å². The van der Waals surface area contributed by atoms with Crippen molar-refractivity contribution in [3.63, 3.8) is 0 Å². The van der Waals surface area contributed by atoms with Gasteiger partial charge in [-0.1, -0.05) is 36.0 Å². The molecule has 0 spiro atoms. The Bertz CT molecular complexity index is 899. The number of rotatable bonds is 3. The number of aromatic hydroxyl groups is 1. The summed E-state index contributed by atoms with van der Waals surface area (Å²) in [5, 5.41) is 10.9. The van der Waals surface area contributed by atoms with E-state index < -0.39 is 9.84 Å². The maximum atomic E-state index is 11.6. The van der Waals surface area contributed by atoms with E-state index >= 15 is 0 Å². The zero-order chi connectivity index (χ0) is 15.0. The van der Waals surface area contributed by atoms with Crippen LogP contribution in [0.4, 0.5) is 0 Å². The van der Waals surface area contributed by atoms with E-state index in [-0.39, 0.29) is 10.8 Å². The minimum atomic E-state index is -3.27. The molecule has 4 nitrogen and oxygen atoms in total. The van der Waals surface area contributed by atoms with Gasteiger partial charge in [-0.05, 0) is 24.3 Å². The largest absolute Gasteiger partial charge is 0.494 e. The smallest absolute Gasteiger partial charge is 0.203 e. The highest BCUT2D eigenvalue weighted by molar-refractivity contribution is 7.99. The topological polar surface area (TPSA) is 70.2 Å². The SMILES string of the molecule is CS(=O)(=O)c1ccc2c(Sc3ccccc3)c(O)[nH]c2c1. The molecular weight excluding hydrogens is 306 g/mol. The summed E-state index contributed by atoms with van der Waals surface area (Å²) in [7, 11) is -3.27. The summed E-state index contributed by atoms with van der Waals surface area (Å²) in [6.45, 7) is 0. The number of sulfone groups is 1. The molecule has 3 rings (SSSR count). The standard InChI is InChI=1S/C15H13NO3S2/c1-21(18,19)11-7-8-12-13(9-11)16-15(17)14(12)20-10-5-3-2-4-6-10/h2-9,16-17H,1H3. The highest BCUT2D eigenvalue weighted by Gasteiger charge is 2.15. The van der Waals surface area contributed by atoms with Crippen molar-refractivity contribution in [3.05, 3.63) is 48.5 Å². The fourth-order valence-electron chi connectivity index (χ4n) is 2.08. The Labute approximate surface area is 126 Å². The summed E-state index contributed by atoms with van der Waals surface area (Å²) in [4.78, 5) is 4.75. The van der Waals surface area contributed by atoms with Crippen LogP contribution in [0.15, 0.2) is 63.2 Å². The molecule has 108 valence electrons. The minimum Gasteiger partial charge on any atom is -0.494 e. The zero-order valence-electron chi connectivity index (χ0n) is 11.2. The molecule has 1 heterocycles. The van der Waals surface area contributed by atoms with E-state index in [9.17, 15) is 13.5 Å². The number of benzene rings is 2. The number of aromatic amines is 1. The summed E-state index contributed by atoms with van der Waals surface area (Å²) in [6.07, 6.45) is 1.16. The Morgan fingerprint density at radius 3 is 2.48 bits per heavy atom. The quantitative estimate of drug-likeness (QED) is 0.776. The second-order valence-corrected chi connectivity index (χ2v) is 7.80. The predicted molar refractivity (Wildman–Crippen MR) is 83.6 cm³/mol. The molecule has 3 aromatic rings. The summed E-state index contributed by atoms with van der Waals surface area (Å²) in [5.74, 6) is 0.0458. The molecule has 21 heavy (non-hydrogen) atoms. The molecule has 0 aliphatic rings. The van der Waals surface area contributed by atoms with Crippen molar-refractivity contribution in [1.82, 2.24) is 4.98 Å². The van der Waals surface area contributed by atoms with Crippen molar-refractivity contribution in [1.29, 1.82) is 0 Å².